The number of hydrogen-bond acceptors (Lipinski definition) is 4. The second-order valence-corrected chi connectivity index (χ2v) is 4.62. The van der Waals surface area contributed by atoms with E-state index in [4.69, 9.17) is 4.74 Å². The second kappa shape index (κ2) is 8.81. The first-order valence-electron chi connectivity index (χ1n) is 6.62. The molecule has 0 aliphatic heterocycles. The minimum Gasteiger partial charge on any atom is -0.463 e. The van der Waals surface area contributed by atoms with Gasteiger partial charge in [-0.15, -0.1) is 0 Å². The monoisotopic (exact) mass is 298 g/mol. The van der Waals surface area contributed by atoms with Gasteiger partial charge in [-0.25, -0.2) is 0 Å². The molecule has 20 heavy (non-hydrogen) atoms. The molecule has 0 aromatic carbocycles. The molecule has 0 bridgehead atoms. The third kappa shape index (κ3) is 8.77. The maximum absolute atomic E-state index is 12.1. The number of hydrogen-bond donors (Lipinski definition) is 0. The molecule has 2 unspecified atom stereocenters. The van der Waals surface area contributed by atoms with Gasteiger partial charge in [-0.3, -0.25) is 9.59 Å². The molecule has 0 aromatic heterocycles. The molecule has 0 aliphatic carbocycles. The molecule has 0 saturated heterocycles. The van der Waals surface area contributed by atoms with E-state index in [1.165, 1.54) is 0 Å². The van der Waals surface area contributed by atoms with E-state index in [-0.39, 0.29) is 12.5 Å². The van der Waals surface area contributed by atoms with Crippen LogP contribution in [0.1, 0.15) is 52.9 Å². The van der Waals surface area contributed by atoms with Gasteiger partial charge in [0.05, 0.1) is 18.9 Å². The molecule has 118 valence electrons. The SMILES string of the molecule is CCCCC(C)OC(=O)CCC(=O)OC(C)C(F)(F)F. The molecule has 0 fully saturated rings. The van der Waals surface area contributed by atoms with Crippen molar-refractivity contribution in [2.75, 3.05) is 0 Å². The van der Waals surface area contributed by atoms with Crippen molar-refractivity contribution in [3.63, 3.8) is 0 Å². The van der Waals surface area contributed by atoms with Crippen molar-refractivity contribution in [1.82, 2.24) is 0 Å². The van der Waals surface area contributed by atoms with Crippen molar-refractivity contribution in [1.29, 1.82) is 0 Å². The lowest BCUT2D eigenvalue weighted by atomic mass is 10.2. The number of rotatable bonds is 8. The van der Waals surface area contributed by atoms with Crippen molar-refractivity contribution < 1.29 is 32.2 Å². The molecule has 0 heterocycles. The lowest BCUT2D eigenvalue weighted by Gasteiger charge is -2.16. The van der Waals surface area contributed by atoms with Crippen LogP contribution in [0.15, 0.2) is 0 Å². The smallest absolute Gasteiger partial charge is 0.425 e. The number of unbranched alkanes of at least 4 members (excludes halogenated alkanes) is 1. The maximum atomic E-state index is 12.1. The number of ether oxygens (including phenoxy) is 2. The molecule has 0 N–H and O–H groups in total. The average molecular weight is 298 g/mol. The summed E-state index contributed by atoms with van der Waals surface area (Å²) in [6, 6.07) is 0. The fraction of sp³-hybridized carbons (Fsp3) is 0.846. The Morgan fingerprint density at radius 1 is 1.05 bits per heavy atom. The van der Waals surface area contributed by atoms with Gasteiger partial charge in [0.1, 0.15) is 0 Å². The van der Waals surface area contributed by atoms with Crippen LogP contribution in [-0.4, -0.2) is 30.3 Å². The summed E-state index contributed by atoms with van der Waals surface area (Å²) in [6.45, 7) is 4.48. The first-order chi connectivity index (χ1) is 9.16. The Morgan fingerprint density at radius 2 is 1.55 bits per heavy atom. The van der Waals surface area contributed by atoms with E-state index in [1.54, 1.807) is 6.92 Å². The molecule has 4 nitrogen and oxygen atoms in total. The van der Waals surface area contributed by atoms with Crippen LogP contribution in [0.25, 0.3) is 0 Å². The topological polar surface area (TPSA) is 52.6 Å². The average Bonchev–Trinajstić information content (AvgIpc) is 2.32. The minimum absolute atomic E-state index is 0.257. The quantitative estimate of drug-likeness (QED) is 0.645. The summed E-state index contributed by atoms with van der Waals surface area (Å²) in [6.07, 6.45) is -5.10. The van der Waals surface area contributed by atoms with Crippen molar-refractivity contribution in [3.8, 4) is 0 Å². The van der Waals surface area contributed by atoms with Gasteiger partial charge in [0, 0.05) is 0 Å². The summed E-state index contributed by atoms with van der Waals surface area (Å²) in [5.41, 5.74) is 0. The van der Waals surface area contributed by atoms with Crippen LogP contribution >= 0.6 is 0 Å². The fourth-order valence-electron chi connectivity index (χ4n) is 1.36. The fourth-order valence-corrected chi connectivity index (χ4v) is 1.36. The normalized spacial score (nSPS) is 14.5. The second-order valence-electron chi connectivity index (χ2n) is 4.62. The third-order valence-corrected chi connectivity index (χ3v) is 2.60. The summed E-state index contributed by atoms with van der Waals surface area (Å²) < 4.78 is 45.6. The number of carbonyl (C=O) groups excluding carboxylic acids is 2. The zero-order valence-electron chi connectivity index (χ0n) is 12.0. The van der Waals surface area contributed by atoms with Crippen LogP contribution in [0, 0.1) is 0 Å². The summed E-state index contributed by atoms with van der Waals surface area (Å²) >= 11 is 0. The molecule has 0 radical (unpaired) electrons. The minimum atomic E-state index is -4.59. The van der Waals surface area contributed by atoms with Crippen LogP contribution in [-0.2, 0) is 19.1 Å². The molecule has 0 spiro atoms. The van der Waals surface area contributed by atoms with Gasteiger partial charge in [-0.05, 0) is 20.3 Å². The summed E-state index contributed by atoms with van der Waals surface area (Å²) in [5, 5.41) is 0. The highest BCUT2D eigenvalue weighted by atomic mass is 19.4. The summed E-state index contributed by atoms with van der Waals surface area (Å²) in [7, 11) is 0. The van der Waals surface area contributed by atoms with Crippen molar-refractivity contribution in [3.05, 3.63) is 0 Å². The van der Waals surface area contributed by atoms with Gasteiger partial charge in [0.15, 0.2) is 6.10 Å². The molecule has 0 aromatic rings. The molecule has 0 rings (SSSR count). The van der Waals surface area contributed by atoms with E-state index in [0.717, 1.165) is 26.2 Å². The van der Waals surface area contributed by atoms with E-state index in [1.807, 2.05) is 6.92 Å². The van der Waals surface area contributed by atoms with Crippen molar-refractivity contribution >= 4 is 11.9 Å². The van der Waals surface area contributed by atoms with Crippen LogP contribution in [0.4, 0.5) is 13.2 Å². The maximum Gasteiger partial charge on any atom is 0.425 e. The Hall–Kier alpha value is -1.27. The molecular weight excluding hydrogens is 277 g/mol. The van der Waals surface area contributed by atoms with Crippen LogP contribution in [0.2, 0.25) is 0 Å². The zero-order chi connectivity index (χ0) is 15.8. The highest BCUT2D eigenvalue weighted by molar-refractivity contribution is 5.77. The summed E-state index contributed by atoms with van der Waals surface area (Å²) in [4.78, 5) is 22.5. The molecule has 0 amide bonds. The number of halogens is 3. The Morgan fingerprint density at radius 3 is 2.00 bits per heavy atom. The molecular formula is C13H21F3O4. The predicted octanol–water partition coefficient (Wildman–Crippen LogP) is 3.38. The highest BCUT2D eigenvalue weighted by Gasteiger charge is 2.39. The predicted molar refractivity (Wildman–Crippen MR) is 65.9 cm³/mol. The third-order valence-electron chi connectivity index (χ3n) is 2.60. The Balaban J connectivity index is 3.92. The van der Waals surface area contributed by atoms with Gasteiger partial charge in [-0.1, -0.05) is 19.8 Å². The van der Waals surface area contributed by atoms with Gasteiger partial charge >= 0.3 is 18.1 Å². The first-order valence-corrected chi connectivity index (χ1v) is 6.62. The van der Waals surface area contributed by atoms with Crippen molar-refractivity contribution in [2.45, 2.75) is 71.3 Å². The Kier molecular flexibility index (Phi) is 8.25. The summed E-state index contributed by atoms with van der Waals surface area (Å²) in [5.74, 6) is -1.67. The van der Waals surface area contributed by atoms with E-state index in [9.17, 15) is 22.8 Å². The lowest BCUT2D eigenvalue weighted by Crippen LogP contribution is -2.31. The number of esters is 2. The van der Waals surface area contributed by atoms with E-state index < -0.39 is 30.6 Å². The van der Waals surface area contributed by atoms with Gasteiger partial charge in [-0.2, -0.15) is 13.2 Å². The van der Waals surface area contributed by atoms with Gasteiger partial charge in [0.25, 0.3) is 0 Å². The van der Waals surface area contributed by atoms with E-state index in [0.29, 0.717) is 0 Å². The van der Waals surface area contributed by atoms with E-state index >= 15 is 0 Å². The first kappa shape index (κ1) is 18.7. The number of alkyl halides is 3. The standard InChI is InChI=1S/C13H21F3O4/c1-4-5-6-9(2)19-11(17)7-8-12(18)20-10(3)13(14,15)16/h9-10H,4-8H2,1-3H3. The molecule has 0 saturated carbocycles. The van der Waals surface area contributed by atoms with Crippen molar-refractivity contribution in [2.24, 2.45) is 0 Å². The van der Waals surface area contributed by atoms with Gasteiger partial charge < -0.3 is 9.47 Å². The van der Waals surface area contributed by atoms with Gasteiger partial charge in [0.2, 0.25) is 0 Å². The zero-order valence-corrected chi connectivity index (χ0v) is 12.0. The number of carbonyl (C=O) groups is 2. The largest absolute Gasteiger partial charge is 0.463 e. The molecule has 0 aliphatic rings. The van der Waals surface area contributed by atoms with Crippen LogP contribution in [0.5, 0.6) is 0 Å². The molecule has 2 atom stereocenters. The molecule has 7 heteroatoms. The van der Waals surface area contributed by atoms with E-state index in [2.05, 4.69) is 4.74 Å². The van der Waals surface area contributed by atoms with Crippen LogP contribution < -0.4 is 0 Å². The van der Waals surface area contributed by atoms with Crippen LogP contribution in [0.3, 0.4) is 0 Å². The Labute approximate surface area is 116 Å². The highest BCUT2D eigenvalue weighted by Crippen LogP contribution is 2.22. The Bertz CT molecular complexity index is 315. The lowest BCUT2D eigenvalue weighted by molar-refractivity contribution is -0.216.